The van der Waals surface area contributed by atoms with E-state index < -0.39 is 6.11 Å². The van der Waals surface area contributed by atoms with Crippen molar-refractivity contribution in [3.63, 3.8) is 0 Å². The van der Waals surface area contributed by atoms with Gasteiger partial charge in [0.15, 0.2) is 0 Å². The third-order valence-corrected chi connectivity index (χ3v) is 9.46. The summed E-state index contributed by atoms with van der Waals surface area (Å²) >= 11 is 7.28. The molecular formula is C18H17ClNP. The molecule has 3 rings (SSSR count). The fraction of sp³-hybridized carbons (Fsp3) is 0. The molecule has 0 aliphatic rings. The van der Waals surface area contributed by atoms with Gasteiger partial charge in [0, 0.05) is 0 Å². The van der Waals surface area contributed by atoms with Crippen LogP contribution in [0.5, 0.6) is 0 Å². The summed E-state index contributed by atoms with van der Waals surface area (Å²) in [6.45, 7) is 0. The molecule has 0 radical (unpaired) electrons. The SMILES string of the molecule is NP(Cl)(c1ccccc1)(c1ccccc1)c1ccccc1. The maximum absolute atomic E-state index is 7.28. The topological polar surface area (TPSA) is 26.0 Å². The Bertz CT molecular complexity index is 624. The van der Waals surface area contributed by atoms with Crippen LogP contribution in [0, 0.1) is 0 Å². The molecule has 0 bridgehead atoms. The molecule has 0 amide bonds. The molecule has 2 N–H and O–H groups in total. The molecule has 0 aliphatic heterocycles. The van der Waals surface area contributed by atoms with Gasteiger partial charge in [0.25, 0.3) is 0 Å². The van der Waals surface area contributed by atoms with Gasteiger partial charge >= 0.3 is 130 Å². The monoisotopic (exact) mass is 313 g/mol. The molecule has 0 atom stereocenters. The van der Waals surface area contributed by atoms with Gasteiger partial charge in [-0.2, -0.15) is 0 Å². The van der Waals surface area contributed by atoms with Gasteiger partial charge in [0.2, 0.25) is 0 Å². The standard InChI is InChI=1S/C18H17ClNP/c19-21(20,16-10-4-1-5-11-16,17-12-6-2-7-13-17)18-14-8-3-9-15-18/h1-15H,20H2. The molecular weight excluding hydrogens is 297 g/mol. The first-order valence-corrected chi connectivity index (χ1v) is 10.0. The Morgan fingerprint density at radius 3 is 1.00 bits per heavy atom. The fourth-order valence-corrected chi connectivity index (χ4v) is 6.78. The summed E-state index contributed by atoms with van der Waals surface area (Å²) in [7, 11) is 0. The summed E-state index contributed by atoms with van der Waals surface area (Å²) < 4.78 is 0. The predicted octanol–water partition coefficient (Wildman–Crippen LogP) is 3.54. The molecule has 1 nitrogen and oxygen atoms in total. The molecule has 0 fully saturated rings. The predicted molar refractivity (Wildman–Crippen MR) is 95.2 cm³/mol. The number of halogens is 1. The second-order valence-corrected chi connectivity index (χ2v) is 10.9. The molecule has 0 saturated heterocycles. The van der Waals surface area contributed by atoms with E-state index in [1.807, 2.05) is 91.0 Å². The number of rotatable bonds is 3. The Kier molecular flexibility index (Phi) is 3.59. The van der Waals surface area contributed by atoms with Crippen molar-refractivity contribution < 1.29 is 0 Å². The Balaban J connectivity index is 2.36. The average Bonchev–Trinajstić information content (AvgIpc) is 2.57. The van der Waals surface area contributed by atoms with Crippen LogP contribution in [0.25, 0.3) is 0 Å². The quantitative estimate of drug-likeness (QED) is 0.735. The summed E-state index contributed by atoms with van der Waals surface area (Å²) in [6, 6.07) is 30.0. The molecule has 106 valence electrons. The first kappa shape index (κ1) is 14.3. The van der Waals surface area contributed by atoms with E-state index in [0.717, 1.165) is 15.9 Å². The van der Waals surface area contributed by atoms with E-state index in [4.69, 9.17) is 16.7 Å². The van der Waals surface area contributed by atoms with Crippen molar-refractivity contribution in [1.29, 1.82) is 0 Å². The molecule has 3 aromatic carbocycles. The van der Waals surface area contributed by atoms with E-state index >= 15 is 0 Å². The van der Waals surface area contributed by atoms with E-state index in [9.17, 15) is 0 Å². The molecule has 0 heterocycles. The van der Waals surface area contributed by atoms with Crippen LogP contribution in [-0.4, -0.2) is 0 Å². The summed E-state index contributed by atoms with van der Waals surface area (Å²) in [5.41, 5.74) is 7.00. The van der Waals surface area contributed by atoms with Gasteiger partial charge < -0.3 is 0 Å². The van der Waals surface area contributed by atoms with Gasteiger partial charge in [-0.3, -0.25) is 0 Å². The Labute approximate surface area is 130 Å². The molecule has 0 spiro atoms. The normalized spacial score (nSPS) is 13.3. The van der Waals surface area contributed by atoms with Crippen molar-refractivity contribution >= 4 is 33.3 Å². The Morgan fingerprint density at radius 2 is 0.762 bits per heavy atom. The van der Waals surface area contributed by atoms with Crippen LogP contribution in [0.15, 0.2) is 91.0 Å². The molecule has 0 aromatic heterocycles. The van der Waals surface area contributed by atoms with E-state index in [2.05, 4.69) is 0 Å². The number of nitrogens with two attached hydrogens (primary N) is 1. The van der Waals surface area contributed by atoms with Gasteiger partial charge in [0.1, 0.15) is 0 Å². The second-order valence-electron chi connectivity index (χ2n) is 5.08. The van der Waals surface area contributed by atoms with E-state index in [0.29, 0.717) is 0 Å². The molecule has 3 aromatic rings. The van der Waals surface area contributed by atoms with Crippen LogP contribution in [0.3, 0.4) is 0 Å². The number of benzene rings is 3. The van der Waals surface area contributed by atoms with Crippen LogP contribution < -0.4 is 21.4 Å². The van der Waals surface area contributed by atoms with Gasteiger partial charge in [-0.1, -0.05) is 0 Å². The van der Waals surface area contributed by atoms with Crippen molar-refractivity contribution in [3.8, 4) is 0 Å². The van der Waals surface area contributed by atoms with Gasteiger partial charge in [-0.05, 0) is 0 Å². The summed E-state index contributed by atoms with van der Waals surface area (Å²) in [5, 5.41) is 2.92. The third kappa shape index (κ3) is 2.28. The molecule has 3 heteroatoms. The van der Waals surface area contributed by atoms with Gasteiger partial charge in [-0.25, -0.2) is 0 Å². The van der Waals surface area contributed by atoms with Crippen LogP contribution >= 0.6 is 17.3 Å². The van der Waals surface area contributed by atoms with Crippen LogP contribution in [-0.2, 0) is 0 Å². The fourth-order valence-electron chi connectivity index (χ4n) is 2.61. The minimum absolute atomic E-state index is 0.975. The van der Waals surface area contributed by atoms with Gasteiger partial charge in [-0.15, -0.1) is 0 Å². The minimum atomic E-state index is -3.40. The van der Waals surface area contributed by atoms with Crippen molar-refractivity contribution in [2.24, 2.45) is 5.50 Å². The van der Waals surface area contributed by atoms with Crippen LogP contribution in [0.1, 0.15) is 0 Å². The van der Waals surface area contributed by atoms with Gasteiger partial charge in [0.05, 0.1) is 0 Å². The second kappa shape index (κ2) is 5.27. The summed E-state index contributed by atoms with van der Waals surface area (Å²) in [4.78, 5) is 0. The Hall–Kier alpha value is -1.66. The summed E-state index contributed by atoms with van der Waals surface area (Å²) in [6.07, 6.45) is -3.40. The van der Waals surface area contributed by atoms with Crippen molar-refractivity contribution in [2.75, 3.05) is 0 Å². The molecule has 0 unspecified atom stereocenters. The number of hydrogen-bond donors (Lipinski definition) is 1. The van der Waals surface area contributed by atoms with Crippen molar-refractivity contribution in [1.82, 2.24) is 0 Å². The molecule has 21 heavy (non-hydrogen) atoms. The van der Waals surface area contributed by atoms with E-state index in [1.54, 1.807) is 0 Å². The Morgan fingerprint density at radius 1 is 0.524 bits per heavy atom. The van der Waals surface area contributed by atoms with E-state index in [1.165, 1.54) is 0 Å². The number of hydrogen-bond acceptors (Lipinski definition) is 1. The maximum atomic E-state index is 7.28. The van der Waals surface area contributed by atoms with Crippen LogP contribution in [0.2, 0.25) is 0 Å². The molecule has 0 saturated carbocycles. The summed E-state index contributed by atoms with van der Waals surface area (Å²) in [5.74, 6) is 0. The van der Waals surface area contributed by atoms with Crippen LogP contribution in [0.4, 0.5) is 0 Å². The zero-order chi connectivity index (χ0) is 14.8. The van der Waals surface area contributed by atoms with Crippen molar-refractivity contribution in [2.45, 2.75) is 0 Å². The zero-order valence-corrected chi connectivity index (χ0v) is 13.2. The molecule has 0 aliphatic carbocycles. The first-order valence-electron chi connectivity index (χ1n) is 6.83. The third-order valence-electron chi connectivity index (χ3n) is 3.78. The van der Waals surface area contributed by atoms with Crippen molar-refractivity contribution in [3.05, 3.63) is 91.0 Å². The van der Waals surface area contributed by atoms with E-state index in [-0.39, 0.29) is 0 Å². The average molecular weight is 314 g/mol. The first-order chi connectivity index (χ1) is 10.1. The zero-order valence-electron chi connectivity index (χ0n) is 11.6.